The first-order valence-corrected chi connectivity index (χ1v) is 20.1. The second-order valence-electron chi connectivity index (χ2n) is 16.2. The number of allylic oxidation sites excluding steroid dienone is 1. The molecule has 52 heavy (non-hydrogen) atoms. The maximum absolute atomic E-state index is 14.8. The van der Waals surface area contributed by atoms with E-state index in [1.54, 1.807) is 13.1 Å². The molecule has 1 spiro atoms. The Balaban J connectivity index is 1.25. The fraction of sp³-hybridized carbons (Fsp3) is 0.605. The number of aryl methyl sites for hydroxylation is 1. The summed E-state index contributed by atoms with van der Waals surface area (Å²) in [5.74, 6) is -1.76. The van der Waals surface area contributed by atoms with Gasteiger partial charge >= 0.3 is 6.09 Å². The second kappa shape index (κ2) is 13.3. The van der Waals surface area contributed by atoms with Gasteiger partial charge in [-0.25, -0.2) is 13.2 Å². The Morgan fingerprint density at radius 1 is 1.13 bits per heavy atom. The minimum absolute atomic E-state index is 0.0388. The molecule has 0 radical (unpaired) electrons. The fourth-order valence-electron chi connectivity index (χ4n) is 8.27. The average molecular weight is 736 g/mol. The Morgan fingerprint density at radius 2 is 1.90 bits per heavy atom. The normalized spacial score (nSPS) is 30.5. The van der Waals surface area contributed by atoms with Gasteiger partial charge in [0.15, 0.2) is 0 Å². The number of aromatic nitrogens is 1. The van der Waals surface area contributed by atoms with Crippen molar-refractivity contribution in [2.75, 3.05) is 13.1 Å². The van der Waals surface area contributed by atoms with Crippen molar-refractivity contribution in [2.24, 2.45) is 11.8 Å². The first-order valence-electron chi connectivity index (χ1n) is 18.6. The smallest absolute Gasteiger partial charge is 0.407 e. The lowest BCUT2D eigenvalue weighted by Crippen LogP contribution is -2.59. The van der Waals surface area contributed by atoms with Crippen LogP contribution in [0.4, 0.5) is 4.79 Å². The van der Waals surface area contributed by atoms with Gasteiger partial charge in [0, 0.05) is 29.8 Å². The Morgan fingerprint density at radius 3 is 2.63 bits per heavy atom. The SMILES string of the molecule is CC(C)CN(C(=O)O)[C@H]1CCCCC/C=C\[C@@H]2C[C@@]2(C(=O)NS(=O)(=O)C2(C)CC2)NC(=O)[C@@H]2C[C@]3(CCc4c(cnc5ccccc45)O3)CN2C1=O. The molecule has 4 amide bonds. The Bertz CT molecular complexity index is 1930. The second-order valence-corrected chi connectivity index (χ2v) is 18.4. The van der Waals surface area contributed by atoms with E-state index in [0.717, 1.165) is 29.3 Å². The number of nitrogens with one attached hydrogen (secondary N) is 2. The van der Waals surface area contributed by atoms with Gasteiger partial charge in [0.05, 0.1) is 23.0 Å². The van der Waals surface area contributed by atoms with Crippen LogP contribution in [0.5, 0.6) is 5.75 Å². The summed E-state index contributed by atoms with van der Waals surface area (Å²) >= 11 is 0. The predicted octanol–water partition coefficient (Wildman–Crippen LogP) is 4.30. The third-order valence-electron chi connectivity index (χ3n) is 11.8. The van der Waals surface area contributed by atoms with Crippen LogP contribution in [0.1, 0.15) is 90.5 Å². The third kappa shape index (κ3) is 6.62. The van der Waals surface area contributed by atoms with Crippen LogP contribution in [0.2, 0.25) is 0 Å². The molecule has 5 atom stereocenters. The number of carbonyl (C=O) groups is 4. The molecule has 4 heterocycles. The maximum Gasteiger partial charge on any atom is 0.407 e. The number of amides is 4. The molecule has 3 aliphatic heterocycles. The van der Waals surface area contributed by atoms with Gasteiger partial charge in [-0.05, 0) is 70.3 Å². The zero-order valence-corrected chi connectivity index (χ0v) is 30.9. The van der Waals surface area contributed by atoms with Crippen LogP contribution in [0.3, 0.4) is 0 Å². The lowest BCUT2D eigenvalue weighted by molar-refractivity contribution is -0.143. The molecule has 5 aliphatic rings. The van der Waals surface area contributed by atoms with E-state index in [1.807, 2.05) is 50.3 Å². The first kappa shape index (κ1) is 36.2. The van der Waals surface area contributed by atoms with Gasteiger partial charge in [0.25, 0.3) is 5.91 Å². The number of rotatable bonds is 6. The highest BCUT2D eigenvalue weighted by atomic mass is 32.2. The number of nitrogens with zero attached hydrogens (tertiary/aromatic N) is 3. The first-order chi connectivity index (χ1) is 24.7. The summed E-state index contributed by atoms with van der Waals surface area (Å²) in [5, 5.41) is 14.3. The molecule has 2 aromatic rings. The Kier molecular flexibility index (Phi) is 9.28. The molecule has 2 saturated carbocycles. The Hall–Kier alpha value is -4.20. The van der Waals surface area contributed by atoms with Gasteiger partial charge in [-0.3, -0.25) is 29.0 Å². The van der Waals surface area contributed by atoms with E-state index >= 15 is 0 Å². The zero-order chi connectivity index (χ0) is 37.1. The van der Waals surface area contributed by atoms with Gasteiger partial charge in [-0.15, -0.1) is 0 Å². The highest BCUT2D eigenvalue weighted by Gasteiger charge is 2.64. The number of ether oxygens (including phenoxy) is 1. The summed E-state index contributed by atoms with van der Waals surface area (Å²) in [6.45, 7) is 5.57. The van der Waals surface area contributed by atoms with E-state index < -0.39 is 67.7 Å². The monoisotopic (exact) mass is 735 g/mol. The molecule has 280 valence electrons. The van der Waals surface area contributed by atoms with Crippen LogP contribution in [0, 0.1) is 11.8 Å². The van der Waals surface area contributed by atoms with E-state index in [-0.39, 0.29) is 31.8 Å². The van der Waals surface area contributed by atoms with E-state index in [2.05, 4.69) is 15.0 Å². The molecule has 13 nitrogen and oxygen atoms in total. The lowest BCUT2D eigenvalue weighted by atomic mass is 9.87. The number of fused-ring (bicyclic) bond motifs is 5. The number of sulfonamides is 1. The lowest BCUT2D eigenvalue weighted by Gasteiger charge is -2.37. The summed E-state index contributed by atoms with van der Waals surface area (Å²) in [7, 11) is -3.98. The minimum Gasteiger partial charge on any atom is -0.483 e. The van der Waals surface area contributed by atoms with Crippen molar-refractivity contribution in [3.63, 3.8) is 0 Å². The topological polar surface area (TPSA) is 175 Å². The summed E-state index contributed by atoms with van der Waals surface area (Å²) in [6.07, 6.45) is 9.74. The van der Waals surface area contributed by atoms with Crippen molar-refractivity contribution in [1.82, 2.24) is 24.8 Å². The summed E-state index contributed by atoms with van der Waals surface area (Å²) < 4.78 is 34.3. The summed E-state index contributed by atoms with van der Waals surface area (Å²) in [4.78, 5) is 63.2. The molecule has 3 fully saturated rings. The van der Waals surface area contributed by atoms with Crippen molar-refractivity contribution >= 4 is 44.7 Å². The summed E-state index contributed by atoms with van der Waals surface area (Å²) in [5.41, 5.74) is -0.648. The molecule has 1 aromatic heterocycles. The Labute approximate surface area is 304 Å². The van der Waals surface area contributed by atoms with Gasteiger partial charge in [0.2, 0.25) is 21.8 Å². The molecular formula is C38H49N5O8S. The van der Waals surface area contributed by atoms with E-state index in [0.29, 0.717) is 50.7 Å². The average Bonchev–Trinajstić information content (AvgIpc) is 3.99. The molecule has 1 aromatic carbocycles. The number of benzene rings is 1. The molecule has 3 N–H and O–H groups in total. The highest BCUT2D eigenvalue weighted by molar-refractivity contribution is 7.91. The van der Waals surface area contributed by atoms with Gasteiger partial charge in [-0.2, -0.15) is 0 Å². The number of carbonyl (C=O) groups excluding carboxylic acids is 3. The van der Waals surface area contributed by atoms with E-state index in [9.17, 15) is 32.7 Å². The minimum atomic E-state index is -3.98. The standard InChI is InChI=1S/C38H49N5O8S/c1-24(2)22-42(35(47)48)29-14-8-6-4-5-7-11-25-19-38(25,34(46)41-52(49,50)36(3)17-18-36)40-32(44)30-20-37(23-43(30)33(29)45)16-15-27-26-12-9-10-13-28(26)39-21-31(27)51-37/h7,9-13,21,24-25,29-30H,4-6,8,14-20,22-23H2,1-3H3,(H,40,44)(H,41,46)(H,47,48)/b11-7-/t25-,29+,30+,37-,38-/m1/s1. The van der Waals surface area contributed by atoms with Crippen LogP contribution in [0.25, 0.3) is 10.9 Å². The number of hydrogen-bond acceptors (Lipinski definition) is 8. The van der Waals surface area contributed by atoms with Crippen LogP contribution >= 0.6 is 0 Å². The predicted molar refractivity (Wildman–Crippen MR) is 193 cm³/mol. The quantitative estimate of drug-likeness (QED) is 0.366. The fourth-order valence-corrected chi connectivity index (χ4v) is 9.58. The molecule has 0 bridgehead atoms. The number of hydrogen-bond donors (Lipinski definition) is 3. The van der Waals surface area contributed by atoms with Gasteiger partial charge < -0.3 is 20.1 Å². The van der Waals surface area contributed by atoms with Crippen molar-refractivity contribution in [2.45, 2.75) is 119 Å². The largest absolute Gasteiger partial charge is 0.483 e. The van der Waals surface area contributed by atoms with E-state index in [1.165, 1.54) is 9.80 Å². The van der Waals surface area contributed by atoms with Crippen molar-refractivity contribution in [1.29, 1.82) is 0 Å². The van der Waals surface area contributed by atoms with Crippen LogP contribution in [-0.4, -0.2) is 93.2 Å². The highest BCUT2D eigenvalue weighted by Crippen LogP contribution is 2.48. The van der Waals surface area contributed by atoms with Crippen molar-refractivity contribution < 1.29 is 37.4 Å². The molecule has 1 saturated heterocycles. The maximum atomic E-state index is 14.8. The van der Waals surface area contributed by atoms with Crippen LogP contribution in [0.15, 0.2) is 42.6 Å². The molecule has 14 heteroatoms. The molecular weight excluding hydrogens is 687 g/mol. The molecule has 0 unspecified atom stereocenters. The third-order valence-corrected chi connectivity index (χ3v) is 13.9. The molecule has 7 rings (SSSR count). The molecule has 2 aliphatic carbocycles. The number of carboxylic acid groups (broad SMARTS) is 1. The summed E-state index contributed by atoms with van der Waals surface area (Å²) in [6, 6.07) is 5.67. The number of para-hydroxylation sites is 1. The number of pyridine rings is 1. The van der Waals surface area contributed by atoms with Crippen molar-refractivity contribution in [3.8, 4) is 5.75 Å². The van der Waals surface area contributed by atoms with Crippen molar-refractivity contribution in [3.05, 3.63) is 48.2 Å². The van der Waals surface area contributed by atoms with Crippen LogP contribution in [-0.2, 0) is 30.8 Å². The van der Waals surface area contributed by atoms with Crippen LogP contribution < -0.4 is 14.8 Å². The van der Waals surface area contributed by atoms with E-state index in [4.69, 9.17) is 4.74 Å². The van der Waals surface area contributed by atoms with Gasteiger partial charge in [-0.1, -0.05) is 57.0 Å². The van der Waals surface area contributed by atoms with Gasteiger partial charge in [0.1, 0.15) is 29.0 Å². The zero-order valence-electron chi connectivity index (χ0n) is 30.1.